The van der Waals surface area contributed by atoms with Crippen LogP contribution in [0.3, 0.4) is 0 Å². The highest BCUT2D eigenvalue weighted by Gasteiger charge is 2.31. The van der Waals surface area contributed by atoms with Gasteiger partial charge in [0.25, 0.3) is 15.9 Å². The lowest BCUT2D eigenvalue weighted by Crippen LogP contribution is -2.29. The molecule has 0 fully saturated rings. The van der Waals surface area contributed by atoms with Crippen LogP contribution >= 0.6 is 11.3 Å². The third kappa shape index (κ3) is 4.83. The largest absolute Gasteiger partial charge is 0.312 e. The van der Waals surface area contributed by atoms with E-state index < -0.39 is 10.0 Å². The average Bonchev–Trinajstić information content (AvgIpc) is 3.55. The smallest absolute Gasteiger partial charge is 0.264 e. The second-order valence-electron chi connectivity index (χ2n) is 9.70. The fraction of sp³-hybridized carbons (Fsp3) is 0.200. The summed E-state index contributed by atoms with van der Waals surface area (Å²) in [4.78, 5) is 16.7. The maximum atomic E-state index is 13.3. The van der Waals surface area contributed by atoms with Gasteiger partial charge < -0.3 is 5.32 Å². The summed E-state index contributed by atoms with van der Waals surface area (Å²) >= 11 is 1.44. The lowest BCUT2D eigenvalue weighted by Gasteiger charge is -2.26. The van der Waals surface area contributed by atoms with Gasteiger partial charge >= 0.3 is 0 Å². The number of hydrogen-bond acceptors (Lipinski definition) is 6. The zero-order valence-electron chi connectivity index (χ0n) is 21.1. The van der Waals surface area contributed by atoms with Crippen molar-refractivity contribution in [3.63, 3.8) is 0 Å². The number of nitriles is 1. The molecule has 2 aliphatic heterocycles. The Bertz CT molecular complexity index is 1690. The van der Waals surface area contributed by atoms with E-state index >= 15 is 0 Å². The van der Waals surface area contributed by atoms with Gasteiger partial charge in [0.1, 0.15) is 11.1 Å². The van der Waals surface area contributed by atoms with Crippen LogP contribution in [0.25, 0.3) is 0 Å². The first-order chi connectivity index (χ1) is 18.9. The molecule has 0 bridgehead atoms. The van der Waals surface area contributed by atoms with Crippen LogP contribution in [0.1, 0.15) is 37.5 Å². The maximum absolute atomic E-state index is 13.3. The predicted molar refractivity (Wildman–Crippen MR) is 152 cm³/mol. The Morgan fingerprint density at radius 3 is 2.46 bits per heavy atom. The third-order valence-electron chi connectivity index (χ3n) is 7.27. The van der Waals surface area contributed by atoms with Gasteiger partial charge in [-0.2, -0.15) is 5.26 Å². The number of fused-ring (bicyclic) bond motifs is 2. The lowest BCUT2D eigenvalue weighted by molar-refractivity contribution is 0.102. The summed E-state index contributed by atoms with van der Waals surface area (Å²) in [6.45, 7) is 2.80. The molecular weight excluding hydrogens is 528 g/mol. The monoisotopic (exact) mass is 554 g/mol. The van der Waals surface area contributed by atoms with Crippen molar-refractivity contribution >= 4 is 38.0 Å². The molecule has 7 nitrogen and oxygen atoms in total. The van der Waals surface area contributed by atoms with E-state index in [4.69, 9.17) is 0 Å². The van der Waals surface area contributed by atoms with Crippen molar-refractivity contribution in [3.05, 3.63) is 112 Å². The molecule has 0 saturated carbocycles. The number of sulfonamides is 1. The number of anilines is 2. The molecule has 2 aliphatic rings. The van der Waals surface area contributed by atoms with Crippen LogP contribution in [0.2, 0.25) is 0 Å². The Morgan fingerprint density at radius 2 is 1.69 bits per heavy atom. The fourth-order valence-corrected chi connectivity index (χ4v) is 8.02. The number of para-hydroxylation sites is 1. The van der Waals surface area contributed by atoms with Gasteiger partial charge in [-0.15, -0.1) is 11.3 Å². The van der Waals surface area contributed by atoms with Crippen LogP contribution in [-0.2, 0) is 36.0 Å². The number of carbonyl (C=O) groups excluding carboxylic acids is 1. The summed E-state index contributed by atoms with van der Waals surface area (Å²) in [6.07, 6.45) is 1.43. The van der Waals surface area contributed by atoms with Gasteiger partial charge in [0.2, 0.25) is 0 Å². The minimum Gasteiger partial charge on any atom is -0.312 e. The molecule has 0 radical (unpaired) electrons. The van der Waals surface area contributed by atoms with Gasteiger partial charge in [-0.25, -0.2) is 8.42 Å². The molecule has 1 N–H and O–H groups in total. The van der Waals surface area contributed by atoms with E-state index in [1.807, 2.05) is 42.5 Å². The first kappa shape index (κ1) is 25.3. The number of nitrogens with one attached hydrogen (secondary N) is 1. The quantitative estimate of drug-likeness (QED) is 0.354. The number of benzene rings is 3. The molecular formula is C30H26N4O3S2. The third-order valence-corrected chi connectivity index (χ3v) is 10.2. The summed E-state index contributed by atoms with van der Waals surface area (Å²) in [5.74, 6) is -0.373. The van der Waals surface area contributed by atoms with Crippen LogP contribution in [-0.4, -0.2) is 32.3 Å². The normalized spacial score (nSPS) is 14.9. The number of hydrogen-bond donors (Lipinski definition) is 1. The van der Waals surface area contributed by atoms with E-state index in [9.17, 15) is 18.5 Å². The summed E-state index contributed by atoms with van der Waals surface area (Å²) in [5, 5.41) is 13.3. The number of nitrogens with zero attached hydrogens (tertiary/aromatic N) is 3. The Labute approximate surface area is 232 Å². The molecule has 39 heavy (non-hydrogen) atoms. The van der Waals surface area contributed by atoms with E-state index in [0.29, 0.717) is 34.8 Å². The number of amides is 1. The number of thiophene rings is 1. The lowest BCUT2D eigenvalue weighted by atomic mass is 10.0. The van der Waals surface area contributed by atoms with Gasteiger partial charge in [-0.1, -0.05) is 48.5 Å². The molecule has 6 rings (SSSR count). The second-order valence-corrected chi connectivity index (χ2v) is 12.7. The minimum absolute atomic E-state index is 0.138. The van der Waals surface area contributed by atoms with E-state index in [0.717, 1.165) is 42.1 Å². The average molecular weight is 555 g/mol. The zero-order valence-corrected chi connectivity index (χ0v) is 22.8. The zero-order chi connectivity index (χ0) is 27.0. The highest BCUT2D eigenvalue weighted by atomic mass is 32.2. The Kier molecular flexibility index (Phi) is 6.69. The van der Waals surface area contributed by atoms with Crippen LogP contribution in [0.4, 0.5) is 10.7 Å². The van der Waals surface area contributed by atoms with Crippen molar-refractivity contribution in [3.8, 4) is 6.07 Å². The van der Waals surface area contributed by atoms with E-state index in [1.165, 1.54) is 45.5 Å². The molecule has 4 aromatic rings. The topological polar surface area (TPSA) is 93.5 Å². The van der Waals surface area contributed by atoms with Gasteiger partial charge in [0.05, 0.1) is 16.1 Å². The molecule has 3 heterocycles. The Morgan fingerprint density at radius 1 is 0.949 bits per heavy atom. The Hall–Kier alpha value is -3.97. The molecule has 0 spiro atoms. The molecule has 0 atom stereocenters. The van der Waals surface area contributed by atoms with Crippen molar-refractivity contribution in [1.29, 1.82) is 5.26 Å². The summed E-state index contributed by atoms with van der Waals surface area (Å²) < 4.78 is 28.0. The van der Waals surface area contributed by atoms with Gasteiger partial charge in [-0.3, -0.25) is 14.0 Å². The summed E-state index contributed by atoms with van der Waals surface area (Å²) in [6, 6.07) is 26.0. The minimum atomic E-state index is -3.74. The molecule has 9 heteroatoms. The summed E-state index contributed by atoms with van der Waals surface area (Å²) in [5.41, 5.74) is 4.81. The van der Waals surface area contributed by atoms with Crippen molar-refractivity contribution < 1.29 is 13.2 Å². The number of rotatable bonds is 6. The Balaban J connectivity index is 1.17. The fourth-order valence-electron chi connectivity index (χ4n) is 5.28. The highest BCUT2D eigenvalue weighted by molar-refractivity contribution is 7.92. The predicted octanol–water partition coefficient (Wildman–Crippen LogP) is 5.18. The van der Waals surface area contributed by atoms with Gasteiger partial charge in [0.15, 0.2) is 0 Å². The first-order valence-electron chi connectivity index (χ1n) is 12.8. The molecule has 0 aliphatic carbocycles. The van der Waals surface area contributed by atoms with Crippen molar-refractivity contribution in [2.75, 3.05) is 22.7 Å². The van der Waals surface area contributed by atoms with Gasteiger partial charge in [0, 0.05) is 36.6 Å². The van der Waals surface area contributed by atoms with Crippen LogP contribution < -0.4 is 9.62 Å². The number of carbonyl (C=O) groups is 1. The van der Waals surface area contributed by atoms with Gasteiger partial charge in [-0.05, 0) is 59.9 Å². The molecule has 0 saturated heterocycles. The van der Waals surface area contributed by atoms with Crippen LogP contribution in [0.5, 0.6) is 0 Å². The standard InChI is InChI=1S/C30H26N4O3S2/c31-18-26-25-15-16-33(19-21-6-2-1-3-7-21)20-28(25)38-30(26)32-29(35)23-10-12-24(13-11-23)39(36,37)34-17-14-22-8-4-5-9-27(22)34/h1-13H,14-17,19-20H2,(H,32,35). The van der Waals surface area contributed by atoms with Crippen molar-refractivity contribution in [1.82, 2.24) is 4.90 Å². The highest BCUT2D eigenvalue weighted by Crippen LogP contribution is 2.37. The van der Waals surface area contributed by atoms with E-state index in [-0.39, 0.29) is 10.8 Å². The van der Waals surface area contributed by atoms with Crippen molar-refractivity contribution in [2.45, 2.75) is 30.8 Å². The van der Waals surface area contributed by atoms with Crippen LogP contribution in [0, 0.1) is 11.3 Å². The molecule has 3 aromatic carbocycles. The maximum Gasteiger partial charge on any atom is 0.264 e. The van der Waals surface area contributed by atoms with Crippen LogP contribution in [0.15, 0.2) is 83.8 Å². The molecule has 1 aromatic heterocycles. The first-order valence-corrected chi connectivity index (χ1v) is 15.0. The molecule has 0 unspecified atom stereocenters. The second kappa shape index (κ2) is 10.3. The summed E-state index contributed by atoms with van der Waals surface area (Å²) in [7, 11) is -3.74. The SMILES string of the molecule is N#Cc1c(NC(=O)c2ccc(S(=O)(=O)N3CCc4ccccc43)cc2)sc2c1CCN(Cc1ccccc1)C2. The van der Waals surface area contributed by atoms with E-state index in [2.05, 4.69) is 28.4 Å². The van der Waals surface area contributed by atoms with E-state index in [1.54, 1.807) is 0 Å². The molecule has 1 amide bonds. The molecule has 196 valence electrons. The van der Waals surface area contributed by atoms with Crippen molar-refractivity contribution in [2.24, 2.45) is 0 Å².